The Balaban J connectivity index is 1.34. The van der Waals surface area contributed by atoms with E-state index in [0.717, 1.165) is 5.56 Å². The van der Waals surface area contributed by atoms with E-state index in [0.29, 0.717) is 23.4 Å². The SMILES string of the molecule is O=C1COc2ccc(C(=O)COC(=O)[C@H]3C[C@@H]3c3cccc(F)c3)cc2N1. The Kier molecular flexibility index (Phi) is 4.35. The summed E-state index contributed by atoms with van der Waals surface area (Å²) in [6, 6.07) is 10.8. The molecule has 1 N–H and O–H groups in total. The highest BCUT2D eigenvalue weighted by molar-refractivity contribution is 6.01. The van der Waals surface area contributed by atoms with Crippen molar-refractivity contribution in [3.8, 4) is 5.75 Å². The van der Waals surface area contributed by atoms with Crippen LogP contribution in [0.1, 0.15) is 28.3 Å². The number of carbonyl (C=O) groups excluding carboxylic acids is 3. The van der Waals surface area contributed by atoms with Crippen LogP contribution in [0.3, 0.4) is 0 Å². The average molecular weight is 369 g/mol. The van der Waals surface area contributed by atoms with E-state index < -0.39 is 12.6 Å². The largest absolute Gasteiger partial charge is 0.482 e. The third-order valence-corrected chi connectivity index (χ3v) is 4.65. The number of amides is 1. The minimum Gasteiger partial charge on any atom is -0.482 e. The lowest BCUT2D eigenvalue weighted by Crippen LogP contribution is -2.25. The van der Waals surface area contributed by atoms with Crippen molar-refractivity contribution in [2.24, 2.45) is 5.92 Å². The summed E-state index contributed by atoms with van der Waals surface area (Å²) in [5, 5.41) is 2.62. The third kappa shape index (κ3) is 3.67. The highest BCUT2D eigenvalue weighted by Gasteiger charge is 2.45. The Labute approximate surface area is 154 Å². The van der Waals surface area contributed by atoms with Crippen LogP contribution in [0.25, 0.3) is 0 Å². The van der Waals surface area contributed by atoms with Gasteiger partial charge in [-0.1, -0.05) is 12.1 Å². The number of benzene rings is 2. The number of hydrogen-bond donors (Lipinski definition) is 1. The Morgan fingerprint density at radius 3 is 2.89 bits per heavy atom. The summed E-state index contributed by atoms with van der Waals surface area (Å²) in [5.41, 5.74) is 1.48. The van der Waals surface area contributed by atoms with Crippen LogP contribution in [0, 0.1) is 11.7 Å². The zero-order valence-electron chi connectivity index (χ0n) is 14.2. The molecule has 0 unspecified atom stereocenters. The maximum Gasteiger partial charge on any atom is 0.310 e. The summed E-state index contributed by atoms with van der Waals surface area (Å²) in [5.74, 6) is -1.42. The predicted octanol–water partition coefficient (Wildman–Crippen LogP) is 2.69. The fourth-order valence-corrected chi connectivity index (χ4v) is 3.14. The molecule has 2 aromatic rings. The zero-order valence-corrected chi connectivity index (χ0v) is 14.2. The number of anilines is 1. The number of esters is 1. The van der Waals surface area contributed by atoms with Crippen LogP contribution in [0.15, 0.2) is 42.5 Å². The number of hydrogen-bond acceptors (Lipinski definition) is 5. The van der Waals surface area contributed by atoms with Gasteiger partial charge >= 0.3 is 5.97 Å². The molecule has 138 valence electrons. The van der Waals surface area contributed by atoms with Gasteiger partial charge in [0.05, 0.1) is 11.6 Å². The van der Waals surface area contributed by atoms with E-state index in [1.165, 1.54) is 18.2 Å². The molecule has 6 nitrogen and oxygen atoms in total. The molecule has 4 rings (SSSR count). The second kappa shape index (κ2) is 6.83. The Morgan fingerprint density at radius 2 is 2.07 bits per heavy atom. The summed E-state index contributed by atoms with van der Waals surface area (Å²) in [7, 11) is 0. The number of fused-ring (bicyclic) bond motifs is 1. The number of halogens is 1. The van der Waals surface area contributed by atoms with Crippen molar-refractivity contribution in [2.45, 2.75) is 12.3 Å². The summed E-state index contributed by atoms with van der Waals surface area (Å²) >= 11 is 0. The molecule has 2 atom stereocenters. The molecule has 0 saturated heterocycles. The van der Waals surface area contributed by atoms with E-state index in [1.807, 2.05) is 0 Å². The first-order chi connectivity index (χ1) is 13.0. The fourth-order valence-electron chi connectivity index (χ4n) is 3.14. The second-order valence-electron chi connectivity index (χ2n) is 6.58. The number of ether oxygens (including phenoxy) is 2. The highest BCUT2D eigenvalue weighted by Crippen LogP contribution is 2.48. The highest BCUT2D eigenvalue weighted by atomic mass is 19.1. The van der Waals surface area contributed by atoms with Gasteiger partial charge < -0.3 is 14.8 Å². The van der Waals surface area contributed by atoms with E-state index in [1.54, 1.807) is 24.3 Å². The summed E-state index contributed by atoms with van der Waals surface area (Å²) in [4.78, 5) is 35.8. The standard InChI is InChI=1S/C20H16FNO5/c21-13-3-1-2-11(6-13)14-8-15(14)20(25)27-9-17(23)12-4-5-18-16(7-12)22-19(24)10-26-18/h1-7,14-15H,8-10H2,(H,22,24)/t14-,15+/m1/s1. The summed E-state index contributed by atoms with van der Waals surface area (Å²) < 4.78 is 23.6. The van der Waals surface area contributed by atoms with Crippen LogP contribution in [-0.4, -0.2) is 30.9 Å². The van der Waals surface area contributed by atoms with Gasteiger partial charge in [-0.25, -0.2) is 4.39 Å². The molecule has 2 aliphatic rings. The van der Waals surface area contributed by atoms with Gasteiger partial charge in [-0.2, -0.15) is 0 Å². The average Bonchev–Trinajstić information content (AvgIpc) is 3.46. The van der Waals surface area contributed by atoms with Gasteiger partial charge in [-0.05, 0) is 48.2 Å². The van der Waals surface area contributed by atoms with Crippen molar-refractivity contribution in [3.05, 3.63) is 59.4 Å². The van der Waals surface area contributed by atoms with E-state index >= 15 is 0 Å². The number of Topliss-reactive ketones (excluding diaryl/α,β-unsaturated/α-hetero) is 1. The molecule has 0 aromatic heterocycles. The van der Waals surface area contributed by atoms with Crippen molar-refractivity contribution < 1.29 is 28.2 Å². The first-order valence-electron chi connectivity index (χ1n) is 8.53. The second-order valence-corrected chi connectivity index (χ2v) is 6.58. The molecular formula is C20H16FNO5. The Hall–Kier alpha value is -3.22. The van der Waals surface area contributed by atoms with Gasteiger partial charge in [-0.3, -0.25) is 14.4 Å². The normalized spacial score (nSPS) is 20.1. The lowest BCUT2D eigenvalue weighted by atomic mass is 10.1. The van der Waals surface area contributed by atoms with Crippen molar-refractivity contribution in [1.82, 2.24) is 0 Å². The quantitative estimate of drug-likeness (QED) is 0.647. The van der Waals surface area contributed by atoms with E-state index in [9.17, 15) is 18.8 Å². The van der Waals surface area contributed by atoms with Crippen LogP contribution >= 0.6 is 0 Å². The lowest BCUT2D eigenvalue weighted by molar-refractivity contribution is -0.144. The van der Waals surface area contributed by atoms with Crippen molar-refractivity contribution >= 4 is 23.3 Å². The van der Waals surface area contributed by atoms with Crippen molar-refractivity contribution in [2.75, 3.05) is 18.5 Å². The minimum absolute atomic E-state index is 0.0637. The van der Waals surface area contributed by atoms with Gasteiger partial charge in [0.1, 0.15) is 11.6 Å². The van der Waals surface area contributed by atoms with E-state index in [-0.39, 0.29) is 36.0 Å². The zero-order chi connectivity index (χ0) is 19.0. The smallest absolute Gasteiger partial charge is 0.310 e. The van der Waals surface area contributed by atoms with Gasteiger partial charge in [0.15, 0.2) is 19.0 Å². The molecule has 0 bridgehead atoms. The molecular weight excluding hydrogens is 353 g/mol. The maximum atomic E-state index is 13.3. The van der Waals surface area contributed by atoms with Crippen LogP contribution < -0.4 is 10.1 Å². The molecule has 0 radical (unpaired) electrons. The molecule has 7 heteroatoms. The first-order valence-corrected chi connectivity index (χ1v) is 8.53. The Morgan fingerprint density at radius 1 is 1.22 bits per heavy atom. The van der Waals surface area contributed by atoms with Crippen LogP contribution in [0.5, 0.6) is 5.75 Å². The summed E-state index contributed by atoms with van der Waals surface area (Å²) in [6.45, 7) is -0.454. The molecule has 27 heavy (non-hydrogen) atoms. The summed E-state index contributed by atoms with van der Waals surface area (Å²) in [6.07, 6.45) is 0.582. The molecule has 1 saturated carbocycles. The number of carbonyl (C=O) groups is 3. The number of nitrogens with one attached hydrogen (secondary N) is 1. The molecule has 1 aliphatic heterocycles. The third-order valence-electron chi connectivity index (χ3n) is 4.65. The monoisotopic (exact) mass is 369 g/mol. The molecule has 1 fully saturated rings. The van der Waals surface area contributed by atoms with E-state index in [4.69, 9.17) is 9.47 Å². The van der Waals surface area contributed by atoms with Crippen LogP contribution in [-0.2, 0) is 14.3 Å². The van der Waals surface area contributed by atoms with Gasteiger partial charge in [0.25, 0.3) is 5.91 Å². The number of rotatable bonds is 5. The van der Waals surface area contributed by atoms with Gasteiger partial charge in [0, 0.05) is 5.56 Å². The molecule has 0 spiro atoms. The van der Waals surface area contributed by atoms with Crippen LogP contribution in [0.2, 0.25) is 0 Å². The topological polar surface area (TPSA) is 81.7 Å². The molecule has 1 amide bonds. The Bertz CT molecular complexity index is 942. The van der Waals surface area contributed by atoms with Gasteiger partial charge in [0.2, 0.25) is 0 Å². The predicted molar refractivity (Wildman–Crippen MR) is 93.1 cm³/mol. The molecule has 2 aromatic carbocycles. The lowest BCUT2D eigenvalue weighted by Gasteiger charge is -2.18. The van der Waals surface area contributed by atoms with Crippen LogP contribution in [0.4, 0.5) is 10.1 Å². The molecule has 1 aliphatic carbocycles. The van der Waals surface area contributed by atoms with Crippen molar-refractivity contribution in [1.29, 1.82) is 0 Å². The minimum atomic E-state index is -0.466. The molecule has 1 heterocycles. The van der Waals surface area contributed by atoms with Gasteiger partial charge in [-0.15, -0.1) is 0 Å². The van der Waals surface area contributed by atoms with E-state index in [2.05, 4.69) is 5.32 Å². The number of ketones is 1. The maximum absolute atomic E-state index is 13.3. The van der Waals surface area contributed by atoms with Crippen molar-refractivity contribution in [3.63, 3.8) is 0 Å². The fraction of sp³-hybridized carbons (Fsp3) is 0.250. The first kappa shape index (κ1) is 17.2.